The fraction of sp³-hybridized carbons (Fsp3) is 0.692. The van der Waals surface area contributed by atoms with Crippen molar-refractivity contribution >= 4 is 5.82 Å². The molecular weight excluding hydrogens is 230 g/mol. The van der Waals surface area contributed by atoms with Gasteiger partial charge in [0.15, 0.2) is 0 Å². The molecule has 0 spiro atoms. The zero-order valence-electron chi connectivity index (χ0n) is 11.1. The van der Waals surface area contributed by atoms with Gasteiger partial charge >= 0.3 is 0 Å². The summed E-state index contributed by atoms with van der Waals surface area (Å²) in [7, 11) is 0. The van der Waals surface area contributed by atoms with E-state index in [-0.39, 0.29) is 0 Å². The summed E-state index contributed by atoms with van der Waals surface area (Å²) in [5, 5.41) is 0. The van der Waals surface area contributed by atoms with E-state index >= 15 is 0 Å². The van der Waals surface area contributed by atoms with E-state index in [1.54, 1.807) is 6.33 Å². The van der Waals surface area contributed by atoms with Crippen LogP contribution in [0, 0.1) is 0 Å². The molecule has 1 saturated heterocycles. The van der Waals surface area contributed by atoms with Crippen LogP contribution in [0.1, 0.15) is 26.7 Å². The zero-order chi connectivity index (χ0) is 12.8. The van der Waals surface area contributed by atoms with Crippen LogP contribution in [0.4, 0.5) is 5.82 Å². The van der Waals surface area contributed by atoms with E-state index in [4.69, 9.17) is 9.47 Å². The molecule has 1 fully saturated rings. The van der Waals surface area contributed by atoms with Gasteiger partial charge in [-0.1, -0.05) is 0 Å². The van der Waals surface area contributed by atoms with Crippen molar-refractivity contribution in [3.63, 3.8) is 0 Å². The molecule has 1 aliphatic rings. The molecular formula is C13H21N3O2. The molecule has 5 heteroatoms. The van der Waals surface area contributed by atoms with E-state index < -0.39 is 0 Å². The highest BCUT2D eigenvalue weighted by Crippen LogP contribution is 2.21. The minimum Gasteiger partial charge on any atom is -0.478 e. The number of aromatic nitrogens is 2. The van der Waals surface area contributed by atoms with E-state index in [0.29, 0.717) is 18.6 Å². The van der Waals surface area contributed by atoms with Crippen molar-refractivity contribution in [2.24, 2.45) is 0 Å². The number of anilines is 1. The first-order chi connectivity index (χ1) is 8.83. The Bertz CT molecular complexity index is 371. The van der Waals surface area contributed by atoms with Gasteiger partial charge < -0.3 is 14.4 Å². The monoisotopic (exact) mass is 251 g/mol. The van der Waals surface area contributed by atoms with E-state index in [1.165, 1.54) is 0 Å². The predicted octanol–water partition coefficient (Wildman–Crippen LogP) is 1.88. The quantitative estimate of drug-likeness (QED) is 0.799. The second kappa shape index (κ2) is 6.54. The summed E-state index contributed by atoms with van der Waals surface area (Å²) in [6.07, 6.45) is 4.14. The summed E-state index contributed by atoms with van der Waals surface area (Å²) in [5.74, 6) is 1.57. The molecule has 0 N–H and O–H groups in total. The first-order valence-electron chi connectivity index (χ1n) is 6.64. The molecule has 18 heavy (non-hydrogen) atoms. The van der Waals surface area contributed by atoms with Gasteiger partial charge in [0.05, 0.1) is 12.7 Å². The van der Waals surface area contributed by atoms with Crippen molar-refractivity contribution in [3.8, 4) is 5.88 Å². The van der Waals surface area contributed by atoms with Crippen molar-refractivity contribution in [3.05, 3.63) is 12.4 Å². The second-order valence-corrected chi connectivity index (χ2v) is 4.31. The van der Waals surface area contributed by atoms with Crippen LogP contribution in [0.2, 0.25) is 0 Å². The number of piperidine rings is 1. The number of hydrogen-bond donors (Lipinski definition) is 0. The second-order valence-electron chi connectivity index (χ2n) is 4.31. The van der Waals surface area contributed by atoms with Crippen LogP contribution in [0.3, 0.4) is 0 Å². The van der Waals surface area contributed by atoms with Crippen molar-refractivity contribution in [2.45, 2.75) is 32.8 Å². The number of ether oxygens (including phenoxy) is 2. The highest BCUT2D eigenvalue weighted by atomic mass is 16.5. The summed E-state index contributed by atoms with van der Waals surface area (Å²) in [5.41, 5.74) is 0. The molecule has 1 aliphatic heterocycles. The average Bonchev–Trinajstić information content (AvgIpc) is 2.40. The molecule has 0 radical (unpaired) electrons. The fourth-order valence-corrected chi connectivity index (χ4v) is 2.25. The molecule has 0 bridgehead atoms. The van der Waals surface area contributed by atoms with Gasteiger partial charge in [0.25, 0.3) is 0 Å². The Balaban J connectivity index is 2.03. The first-order valence-corrected chi connectivity index (χ1v) is 6.64. The third-order valence-corrected chi connectivity index (χ3v) is 3.02. The molecule has 2 rings (SSSR count). The Labute approximate surface area is 108 Å². The van der Waals surface area contributed by atoms with Gasteiger partial charge in [-0.15, -0.1) is 0 Å². The van der Waals surface area contributed by atoms with Gasteiger partial charge in [-0.25, -0.2) is 9.97 Å². The summed E-state index contributed by atoms with van der Waals surface area (Å²) < 4.78 is 11.1. The summed E-state index contributed by atoms with van der Waals surface area (Å²) in [4.78, 5) is 10.7. The largest absolute Gasteiger partial charge is 0.478 e. The highest BCUT2D eigenvalue weighted by molar-refractivity contribution is 5.41. The van der Waals surface area contributed by atoms with Gasteiger partial charge in [-0.05, 0) is 26.7 Å². The summed E-state index contributed by atoms with van der Waals surface area (Å²) >= 11 is 0. The maximum Gasteiger partial charge on any atom is 0.218 e. The smallest absolute Gasteiger partial charge is 0.218 e. The standard InChI is InChI=1S/C13H21N3O2/c1-3-17-11-6-5-7-16(9-11)12-8-13(18-4-2)15-10-14-12/h8,10-11H,3-7,9H2,1-2H3/t11-/m0/s1. The van der Waals surface area contributed by atoms with Crippen molar-refractivity contribution < 1.29 is 9.47 Å². The Morgan fingerprint density at radius 1 is 1.33 bits per heavy atom. The minimum absolute atomic E-state index is 0.314. The highest BCUT2D eigenvalue weighted by Gasteiger charge is 2.21. The lowest BCUT2D eigenvalue weighted by Gasteiger charge is -2.33. The maximum absolute atomic E-state index is 5.70. The van der Waals surface area contributed by atoms with E-state index in [1.807, 2.05) is 19.9 Å². The number of nitrogens with zero attached hydrogens (tertiary/aromatic N) is 3. The van der Waals surface area contributed by atoms with Crippen LogP contribution in [0.25, 0.3) is 0 Å². The van der Waals surface area contributed by atoms with Crippen LogP contribution in [-0.4, -0.2) is 42.4 Å². The van der Waals surface area contributed by atoms with E-state index in [0.717, 1.165) is 38.4 Å². The molecule has 1 aromatic rings. The van der Waals surface area contributed by atoms with Gasteiger partial charge in [0, 0.05) is 25.8 Å². The van der Waals surface area contributed by atoms with Crippen molar-refractivity contribution in [2.75, 3.05) is 31.2 Å². The Hall–Kier alpha value is -1.36. The molecule has 100 valence electrons. The van der Waals surface area contributed by atoms with Crippen LogP contribution < -0.4 is 9.64 Å². The third kappa shape index (κ3) is 3.32. The Morgan fingerprint density at radius 2 is 2.22 bits per heavy atom. The van der Waals surface area contributed by atoms with Gasteiger partial charge in [0.2, 0.25) is 5.88 Å². The fourth-order valence-electron chi connectivity index (χ4n) is 2.25. The molecule has 0 amide bonds. The lowest BCUT2D eigenvalue weighted by atomic mass is 10.1. The van der Waals surface area contributed by atoms with Gasteiger partial charge in [-0.3, -0.25) is 0 Å². The van der Waals surface area contributed by atoms with Gasteiger partial charge in [-0.2, -0.15) is 0 Å². The molecule has 0 saturated carbocycles. The van der Waals surface area contributed by atoms with Crippen molar-refractivity contribution in [1.29, 1.82) is 0 Å². The van der Waals surface area contributed by atoms with Crippen LogP contribution in [0.5, 0.6) is 5.88 Å². The van der Waals surface area contributed by atoms with Crippen LogP contribution >= 0.6 is 0 Å². The molecule has 0 aromatic carbocycles. The molecule has 0 unspecified atom stereocenters. The van der Waals surface area contributed by atoms with Crippen molar-refractivity contribution in [1.82, 2.24) is 9.97 Å². The summed E-state index contributed by atoms with van der Waals surface area (Å²) in [6.45, 7) is 7.30. The van der Waals surface area contributed by atoms with Crippen LogP contribution in [-0.2, 0) is 4.74 Å². The zero-order valence-corrected chi connectivity index (χ0v) is 11.1. The lowest BCUT2D eigenvalue weighted by molar-refractivity contribution is 0.0525. The van der Waals surface area contributed by atoms with E-state index in [9.17, 15) is 0 Å². The minimum atomic E-state index is 0.314. The maximum atomic E-state index is 5.70. The predicted molar refractivity (Wildman–Crippen MR) is 70.1 cm³/mol. The van der Waals surface area contributed by atoms with E-state index in [2.05, 4.69) is 14.9 Å². The average molecular weight is 251 g/mol. The third-order valence-electron chi connectivity index (χ3n) is 3.02. The molecule has 0 aliphatic carbocycles. The van der Waals surface area contributed by atoms with Crippen LogP contribution in [0.15, 0.2) is 12.4 Å². The molecule has 1 aromatic heterocycles. The summed E-state index contributed by atoms with van der Waals surface area (Å²) in [6, 6.07) is 1.90. The molecule has 2 heterocycles. The lowest BCUT2D eigenvalue weighted by Crippen LogP contribution is -2.40. The Kier molecular flexibility index (Phi) is 4.75. The number of rotatable bonds is 5. The molecule has 1 atom stereocenters. The van der Waals surface area contributed by atoms with Gasteiger partial charge in [0.1, 0.15) is 12.1 Å². The Morgan fingerprint density at radius 3 is 3.00 bits per heavy atom. The normalized spacial score (nSPS) is 19.9. The topological polar surface area (TPSA) is 47.5 Å². The SMILES string of the molecule is CCOc1cc(N2CCC[C@H](OCC)C2)ncn1. The molecule has 5 nitrogen and oxygen atoms in total. The first kappa shape index (κ1) is 13.1. The number of hydrogen-bond acceptors (Lipinski definition) is 5.